The van der Waals surface area contributed by atoms with E-state index in [1.165, 1.54) is 12.3 Å². The van der Waals surface area contributed by atoms with Gasteiger partial charge in [-0.05, 0) is 60.9 Å². The van der Waals surface area contributed by atoms with Gasteiger partial charge in [0.25, 0.3) is 0 Å². The number of hydrogen-bond donors (Lipinski definition) is 1. The minimum Gasteiger partial charge on any atom is -0.306 e. The lowest BCUT2D eigenvalue weighted by Crippen LogP contribution is -2.37. The summed E-state index contributed by atoms with van der Waals surface area (Å²) in [7, 11) is -1.54. The molecule has 1 saturated heterocycles. The van der Waals surface area contributed by atoms with Crippen LogP contribution in [-0.4, -0.2) is 45.0 Å². The Morgan fingerprint density at radius 3 is 2.80 bits per heavy atom. The second-order valence-corrected chi connectivity index (χ2v) is 8.05. The van der Waals surface area contributed by atoms with E-state index in [-0.39, 0.29) is 10.0 Å². The molecule has 2 heterocycles. The maximum atomic E-state index is 12.2. The molecule has 0 aliphatic carbocycles. The number of rotatable bonds is 4. The summed E-state index contributed by atoms with van der Waals surface area (Å²) in [6.45, 7) is 2.45. The molecule has 2 rings (SSSR count). The molecule has 0 bridgehead atoms. The average Bonchev–Trinajstić information content (AvgIpc) is 2.41. The molecule has 20 heavy (non-hydrogen) atoms. The van der Waals surface area contributed by atoms with Gasteiger partial charge in [0.1, 0.15) is 10.0 Å². The highest BCUT2D eigenvalue weighted by Gasteiger charge is 2.22. The monoisotopic (exact) mass is 381 g/mol. The Hall–Kier alpha value is -0.210. The van der Waals surface area contributed by atoms with Crippen molar-refractivity contribution in [2.75, 3.05) is 26.7 Å². The van der Waals surface area contributed by atoms with Crippen LogP contribution in [0.3, 0.4) is 0 Å². The number of pyridine rings is 1. The SMILES string of the molecule is CN1CCC(CNS(=O)(=O)c2cc(Br)cnc2Cl)CC1. The number of halogens is 2. The van der Waals surface area contributed by atoms with Gasteiger partial charge >= 0.3 is 0 Å². The van der Waals surface area contributed by atoms with Crippen LogP contribution in [0.25, 0.3) is 0 Å². The Balaban J connectivity index is 2.02. The van der Waals surface area contributed by atoms with Gasteiger partial charge < -0.3 is 4.90 Å². The van der Waals surface area contributed by atoms with E-state index in [4.69, 9.17) is 11.6 Å². The summed E-state index contributed by atoms with van der Waals surface area (Å²) in [5.41, 5.74) is 0. The third-order valence-electron chi connectivity index (χ3n) is 3.46. The Labute approximate surface area is 132 Å². The molecule has 1 aliphatic heterocycles. The molecular formula is C12H17BrClN3O2S. The standard InChI is InChI=1S/C12H17BrClN3O2S/c1-17-4-2-9(3-5-17)7-16-20(18,19)11-6-10(13)8-15-12(11)14/h6,8-9,16H,2-5,7H2,1H3. The summed E-state index contributed by atoms with van der Waals surface area (Å²) in [6.07, 6.45) is 3.48. The molecule has 0 radical (unpaired) electrons. The van der Waals surface area contributed by atoms with Gasteiger partial charge in [0.15, 0.2) is 0 Å². The summed E-state index contributed by atoms with van der Waals surface area (Å²) in [5, 5.41) is -0.0101. The first-order valence-electron chi connectivity index (χ1n) is 6.38. The summed E-state index contributed by atoms with van der Waals surface area (Å²) >= 11 is 9.07. The minimum atomic E-state index is -3.61. The van der Waals surface area contributed by atoms with Crippen molar-refractivity contribution in [1.29, 1.82) is 0 Å². The number of likely N-dealkylation sites (tertiary alicyclic amines) is 1. The molecule has 1 aromatic rings. The number of sulfonamides is 1. The lowest BCUT2D eigenvalue weighted by molar-refractivity contribution is 0.220. The smallest absolute Gasteiger partial charge is 0.243 e. The van der Waals surface area contributed by atoms with Gasteiger partial charge in [-0.2, -0.15) is 0 Å². The topological polar surface area (TPSA) is 62.3 Å². The molecule has 0 amide bonds. The van der Waals surface area contributed by atoms with E-state index in [0.717, 1.165) is 25.9 Å². The Kier molecular flexibility index (Phi) is 5.42. The molecule has 1 fully saturated rings. The van der Waals surface area contributed by atoms with Gasteiger partial charge in [0, 0.05) is 17.2 Å². The molecule has 0 spiro atoms. The van der Waals surface area contributed by atoms with Crippen LogP contribution < -0.4 is 4.72 Å². The molecule has 112 valence electrons. The first-order valence-corrected chi connectivity index (χ1v) is 9.03. The normalized spacial score (nSPS) is 18.4. The zero-order valence-electron chi connectivity index (χ0n) is 11.1. The fourth-order valence-electron chi connectivity index (χ4n) is 2.16. The van der Waals surface area contributed by atoms with Crippen LogP contribution in [0.1, 0.15) is 12.8 Å². The molecule has 5 nitrogen and oxygen atoms in total. The van der Waals surface area contributed by atoms with Crippen LogP contribution >= 0.6 is 27.5 Å². The van der Waals surface area contributed by atoms with Crippen molar-refractivity contribution in [2.45, 2.75) is 17.7 Å². The molecule has 0 saturated carbocycles. The van der Waals surface area contributed by atoms with Gasteiger partial charge in [-0.1, -0.05) is 11.6 Å². The summed E-state index contributed by atoms with van der Waals surface area (Å²) in [5.74, 6) is 0.375. The number of hydrogen-bond acceptors (Lipinski definition) is 4. The minimum absolute atomic E-state index is 0.0101. The van der Waals surface area contributed by atoms with Crippen molar-refractivity contribution in [3.05, 3.63) is 21.9 Å². The summed E-state index contributed by atoms with van der Waals surface area (Å²) < 4.78 is 27.7. The molecule has 0 aromatic carbocycles. The predicted octanol–water partition coefficient (Wildman–Crippen LogP) is 2.12. The highest BCUT2D eigenvalue weighted by molar-refractivity contribution is 9.10. The van der Waals surface area contributed by atoms with E-state index >= 15 is 0 Å². The molecule has 1 N–H and O–H groups in total. The maximum Gasteiger partial charge on any atom is 0.243 e. The fraction of sp³-hybridized carbons (Fsp3) is 0.583. The lowest BCUT2D eigenvalue weighted by atomic mass is 9.98. The van der Waals surface area contributed by atoms with Crippen molar-refractivity contribution in [3.63, 3.8) is 0 Å². The van der Waals surface area contributed by atoms with E-state index in [1.807, 2.05) is 0 Å². The molecule has 1 aromatic heterocycles. The van der Waals surface area contributed by atoms with E-state index in [0.29, 0.717) is 16.9 Å². The van der Waals surface area contributed by atoms with E-state index < -0.39 is 10.0 Å². The largest absolute Gasteiger partial charge is 0.306 e. The number of aromatic nitrogens is 1. The van der Waals surface area contributed by atoms with Crippen LogP contribution in [0.2, 0.25) is 5.15 Å². The van der Waals surface area contributed by atoms with Crippen LogP contribution in [0.15, 0.2) is 21.6 Å². The second-order valence-electron chi connectivity index (χ2n) is 5.04. The van der Waals surface area contributed by atoms with Gasteiger partial charge in [-0.3, -0.25) is 0 Å². The quantitative estimate of drug-likeness (QED) is 0.810. The summed E-state index contributed by atoms with van der Waals surface area (Å²) in [6, 6.07) is 1.46. The van der Waals surface area contributed by atoms with Crippen LogP contribution in [0.5, 0.6) is 0 Å². The zero-order valence-corrected chi connectivity index (χ0v) is 14.3. The maximum absolute atomic E-state index is 12.2. The molecular weight excluding hydrogens is 366 g/mol. The highest BCUT2D eigenvalue weighted by Crippen LogP contribution is 2.23. The molecule has 1 aliphatic rings. The first-order chi connectivity index (χ1) is 9.38. The van der Waals surface area contributed by atoms with E-state index in [9.17, 15) is 8.42 Å². The number of nitrogens with one attached hydrogen (secondary N) is 1. The van der Waals surface area contributed by atoms with Crippen molar-refractivity contribution in [3.8, 4) is 0 Å². The Morgan fingerprint density at radius 2 is 2.15 bits per heavy atom. The van der Waals surface area contributed by atoms with Gasteiger partial charge in [-0.25, -0.2) is 18.1 Å². The number of nitrogens with zero attached hydrogens (tertiary/aromatic N) is 2. The van der Waals surface area contributed by atoms with E-state index in [2.05, 4.69) is 37.6 Å². The van der Waals surface area contributed by atoms with Gasteiger partial charge in [-0.15, -0.1) is 0 Å². The van der Waals surface area contributed by atoms with Crippen LogP contribution in [-0.2, 0) is 10.0 Å². The Bertz CT molecular complexity index is 574. The Morgan fingerprint density at radius 1 is 1.50 bits per heavy atom. The van der Waals surface area contributed by atoms with Gasteiger partial charge in [0.2, 0.25) is 10.0 Å². The molecule has 0 unspecified atom stereocenters. The summed E-state index contributed by atoms with van der Waals surface area (Å²) in [4.78, 5) is 6.11. The highest BCUT2D eigenvalue weighted by atomic mass is 79.9. The third-order valence-corrected chi connectivity index (χ3v) is 5.75. The van der Waals surface area contributed by atoms with Gasteiger partial charge in [0.05, 0.1) is 0 Å². The zero-order chi connectivity index (χ0) is 14.8. The third kappa shape index (κ3) is 4.14. The van der Waals surface area contributed by atoms with Crippen molar-refractivity contribution in [2.24, 2.45) is 5.92 Å². The van der Waals surface area contributed by atoms with Crippen LogP contribution in [0.4, 0.5) is 0 Å². The molecule has 0 atom stereocenters. The fourth-order valence-corrected chi connectivity index (χ4v) is 4.22. The van der Waals surface area contributed by atoms with Crippen molar-refractivity contribution < 1.29 is 8.42 Å². The second kappa shape index (κ2) is 6.70. The lowest BCUT2D eigenvalue weighted by Gasteiger charge is -2.28. The average molecular weight is 383 g/mol. The van der Waals surface area contributed by atoms with Crippen LogP contribution in [0, 0.1) is 5.92 Å². The van der Waals surface area contributed by atoms with Crippen molar-refractivity contribution >= 4 is 37.6 Å². The van der Waals surface area contributed by atoms with E-state index in [1.54, 1.807) is 0 Å². The molecule has 8 heteroatoms. The van der Waals surface area contributed by atoms with Crippen molar-refractivity contribution in [1.82, 2.24) is 14.6 Å². The predicted molar refractivity (Wildman–Crippen MR) is 82.4 cm³/mol. The number of piperidine rings is 1. The first kappa shape index (κ1) is 16.2.